The van der Waals surface area contributed by atoms with E-state index in [0.717, 1.165) is 57.8 Å². The number of halogens is 11. The van der Waals surface area contributed by atoms with E-state index in [2.05, 4.69) is 203 Å². The molecule has 9 rings (SSSR count). The summed E-state index contributed by atoms with van der Waals surface area (Å²) < 4.78 is 0. The molecule has 0 aliphatic heterocycles. The van der Waals surface area contributed by atoms with Crippen LogP contribution in [0.3, 0.4) is 0 Å². The van der Waals surface area contributed by atoms with Gasteiger partial charge in [-0.05, 0) is 179 Å². The third kappa shape index (κ3) is 32.3. The number of carbonyl (C=O) groups excluding carboxylic acids is 4. The number of nitrogens with two attached hydrogens (primary N) is 1. The van der Waals surface area contributed by atoms with Crippen molar-refractivity contribution >= 4 is 189 Å². The zero-order valence-electron chi connectivity index (χ0n) is 49.8. The van der Waals surface area contributed by atoms with Crippen LogP contribution in [0.15, 0.2) is 146 Å². The van der Waals surface area contributed by atoms with Crippen LogP contribution in [0.2, 0.25) is 0 Å². The van der Waals surface area contributed by atoms with Gasteiger partial charge < -0.3 is 31.3 Å². The van der Waals surface area contributed by atoms with Crippen molar-refractivity contribution in [2.24, 2.45) is 23.5 Å². The van der Waals surface area contributed by atoms with E-state index in [4.69, 9.17) is 15.9 Å². The predicted octanol–water partition coefficient (Wildman–Crippen LogP) is 17.9. The third-order valence-electron chi connectivity index (χ3n) is 15.6. The summed E-state index contributed by atoms with van der Waals surface area (Å²) in [6.07, 6.45) is 12.4. The molecule has 3 atom stereocenters. The monoisotopic (exact) mass is 2480 g/mol. The van der Waals surface area contributed by atoms with Crippen molar-refractivity contribution in [1.29, 1.82) is 0 Å². The van der Waals surface area contributed by atoms with Gasteiger partial charge in [0.2, 0.25) is 0 Å². The van der Waals surface area contributed by atoms with Gasteiger partial charge >= 0.3 is 142 Å². The van der Waals surface area contributed by atoms with Crippen LogP contribution in [0, 0.1) is 17.8 Å². The first-order valence-corrected chi connectivity index (χ1v) is 85.6. The molecule has 23 heteroatoms. The molecule has 3 unspecified atom stereocenters. The number of Topliss-reactive ketones (excluding diaryl/α,β-unsaturated/α-hetero) is 4. The zero-order valence-corrected chi connectivity index (χ0v) is 73.5. The predicted molar refractivity (Wildman–Crippen MR) is 454 cm³/mol. The molecule has 0 heterocycles. The second-order valence-corrected chi connectivity index (χ2v) is 184. The normalized spacial score (nSPS) is 14.2. The minimum absolute atomic E-state index is 0. The van der Waals surface area contributed by atoms with Crippen molar-refractivity contribution in [3.63, 3.8) is 0 Å². The number of carboxylic acids is 2. The Morgan fingerprint density at radius 2 is 0.703 bits per heavy atom. The molecule has 3 aliphatic rings. The minimum atomic E-state index is -1.01. The molecule has 0 spiro atoms. The number of rotatable bonds is 25. The van der Waals surface area contributed by atoms with Gasteiger partial charge in [-0.15, -0.1) is 0 Å². The summed E-state index contributed by atoms with van der Waals surface area (Å²) in [6, 6.07) is 44.3. The van der Waals surface area contributed by atoms with Gasteiger partial charge in [-0.25, -0.2) is 9.59 Å². The van der Waals surface area contributed by atoms with Gasteiger partial charge in [0.15, 0.2) is 23.1 Å². The summed E-state index contributed by atoms with van der Waals surface area (Å²) in [7, 11) is -0.795. The Hall–Kier alpha value is 0.810. The molecule has 0 bridgehead atoms. The van der Waals surface area contributed by atoms with Gasteiger partial charge in [0, 0.05) is 78.9 Å². The van der Waals surface area contributed by atoms with Gasteiger partial charge in [-0.3, -0.25) is 19.2 Å². The summed E-state index contributed by atoms with van der Waals surface area (Å²) in [5.41, 5.74) is 16.7. The van der Waals surface area contributed by atoms with E-state index < -0.39 is 24.1 Å². The van der Waals surface area contributed by atoms with Crippen LogP contribution in [-0.4, -0.2) is 85.5 Å². The summed E-state index contributed by atoms with van der Waals surface area (Å²) in [4.78, 5) is 67.7. The fourth-order valence-electron chi connectivity index (χ4n) is 10.7. The van der Waals surface area contributed by atoms with E-state index in [1.54, 1.807) is 24.3 Å². The number of aromatic carboxylic acids is 2. The first-order valence-electron chi connectivity index (χ1n) is 29.0. The number of carboxylic acid groups (broad SMARTS) is 2. The first kappa shape index (κ1) is 86.0. The maximum atomic E-state index is 12.2. The molecule has 6 aromatic carbocycles. The van der Waals surface area contributed by atoms with Crippen LogP contribution in [-0.2, 0) is 38.5 Å². The van der Waals surface area contributed by atoms with Gasteiger partial charge in [-0.1, -0.05) is 129 Å². The second kappa shape index (κ2) is 47.8. The second-order valence-electron chi connectivity index (χ2n) is 22.0. The van der Waals surface area contributed by atoms with Gasteiger partial charge in [0.25, 0.3) is 0 Å². The van der Waals surface area contributed by atoms with Crippen molar-refractivity contribution < 1.29 is 67.6 Å². The Morgan fingerprint density at radius 3 is 0.923 bits per heavy atom. The number of hydrogen-bond donors (Lipinski definition) is 6. The molecule has 0 radical (unpaired) electrons. The summed E-state index contributed by atoms with van der Waals surface area (Å²) in [6.45, 7) is 3.34. The van der Waals surface area contributed by atoms with E-state index >= 15 is 0 Å². The molecule has 7 N–H and O–H groups in total. The van der Waals surface area contributed by atoms with Crippen LogP contribution in [0.1, 0.15) is 181 Å². The fourth-order valence-corrected chi connectivity index (χ4v) is 639. The van der Waals surface area contributed by atoms with Crippen molar-refractivity contribution in [2.75, 3.05) is 6.54 Å². The molecule has 0 saturated carbocycles. The Balaban J connectivity index is 0.000000310. The minimum Gasteiger partial charge on any atom is -0.478 e. The first-order chi connectivity index (χ1) is 43.0. The molecule has 6 aromatic rings. The number of hydrogen-bond acceptors (Lipinski definition) is 10. The van der Waals surface area contributed by atoms with E-state index in [-0.39, 0.29) is 77.9 Å². The number of benzene rings is 6. The maximum Gasteiger partial charge on any atom is 0.335 e. The zero-order chi connectivity index (χ0) is 66.3. The molecule has 12 nitrogen and oxygen atoms in total. The maximum absolute atomic E-state index is 12.2. The average molecular weight is 2480 g/mol. The van der Waals surface area contributed by atoms with E-state index in [9.17, 15) is 44.1 Å². The van der Waals surface area contributed by atoms with Crippen molar-refractivity contribution in [3.05, 3.63) is 212 Å². The topological polar surface area (TPSA) is 230 Å². The summed E-state index contributed by atoms with van der Waals surface area (Å²) in [5, 5.41) is 47.3. The number of aliphatic hydroxyl groups excluding tert-OH is 3. The molecular weight excluding hydrogens is 2400 g/mol. The fraction of sp³-hybridized carbons (Fsp3) is 0.382. The number of carbonyl (C=O) groups is 6. The Kier molecular flexibility index (Phi) is 45.2. The Labute approximate surface area is 630 Å². The average Bonchev–Trinajstić information content (AvgIpc) is 2.51. The van der Waals surface area contributed by atoms with Crippen LogP contribution in [0.4, 0.5) is 0 Å². The molecule has 0 amide bonds. The number of ketones is 4. The molecule has 3 aliphatic carbocycles. The molecule has 502 valence electrons. The van der Waals surface area contributed by atoms with E-state index in [1.807, 2.05) is 0 Å². The van der Waals surface area contributed by atoms with Crippen LogP contribution < -0.4 is 19.0 Å². The smallest absolute Gasteiger partial charge is 0.335 e. The van der Waals surface area contributed by atoms with Crippen LogP contribution >= 0.6 is 154 Å². The Morgan fingerprint density at radius 1 is 0.451 bits per heavy atom. The number of aliphatic hydroxyl groups is 3. The summed E-state index contributed by atoms with van der Waals surface area (Å²) in [5.74, 6) is -0.192. The molecule has 91 heavy (non-hydrogen) atoms. The Bertz CT molecular complexity index is 2950. The van der Waals surface area contributed by atoms with Crippen molar-refractivity contribution in [3.8, 4) is 0 Å². The number of fused-ring (bicyclic) bond motifs is 3. The van der Waals surface area contributed by atoms with E-state index in [1.165, 1.54) is 109 Å². The molecular formula is C68H81I11NO11-. The third-order valence-corrected chi connectivity index (χ3v) is 429. The summed E-state index contributed by atoms with van der Waals surface area (Å²) >= 11 is 18.8. The molecule has 0 fully saturated rings. The van der Waals surface area contributed by atoms with Crippen LogP contribution in [0.5, 0.6) is 0 Å². The van der Waals surface area contributed by atoms with Gasteiger partial charge in [-0.2, -0.15) is 0 Å². The molecule has 0 aromatic heterocycles. The largest absolute Gasteiger partial charge is 0.478 e. The van der Waals surface area contributed by atoms with Gasteiger partial charge in [0.05, 0.1) is 29.4 Å². The van der Waals surface area contributed by atoms with E-state index in [0.29, 0.717) is 85.5 Å². The SMILES string of the molecule is C.CC(=O)c1ccc(C(=O)CCC(O)CCC2Cc3ccccc3C2)cc1.CC(=O)c1ccc(C(=O)O)cc1.II.I[I-]I(I)I(I)I(I)I.NCC(O)CCC1Cc2ccccc2C1.O=C(O)c1ccc(C(=O)CCC(O)CCC2Cc3ccccc3C2)cc1. The van der Waals surface area contributed by atoms with Gasteiger partial charge in [0.1, 0.15) is 0 Å². The van der Waals surface area contributed by atoms with Crippen molar-refractivity contribution in [2.45, 2.75) is 142 Å². The van der Waals surface area contributed by atoms with Crippen molar-refractivity contribution in [1.82, 2.24) is 0 Å². The molecule has 0 saturated heterocycles. The quantitative estimate of drug-likeness (QED) is 0.0232. The van der Waals surface area contributed by atoms with Crippen LogP contribution in [0.25, 0.3) is 0 Å². The standard InChI is InChI=1S/C23H26O3.C22H24O4.C13H19NO.C9H8O3.CH4.I9.I2/c1-16(24)18-7-9-19(10-8-18)23(26)13-12-22(25)11-6-17-14-20-4-2-3-5-21(20)15-17;23-20(10-5-15-13-18-3-1-2-4-19(18)14-15)11-12-21(24)16-6-8-17(9-7-16)22(25)26;14-9-13(15)6-5-10-7-11-3-1-2-4-12(11)8-10;1-6(10)7-2-4-8(5-3-7)9(11)12;;1-6-8(4)9(5)7(2)3;1-2/h2-5,7-10,17,22,25H,6,11-15H2,1H3;1-4,6-9,15,20,23H,5,10-14H2,(H,25,26);1-4,10,13,15H,5-9,14H2;2-5H,1H3,(H,11,12);1H4;;/q;;;;;-1;.